The van der Waals surface area contributed by atoms with Crippen LogP contribution in [0.1, 0.15) is 36.0 Å². The van der Waals surface area contributed by atoms with Crippen molar-refractivity contribution < 1.29 is 4.74 Å². The number of hydrogen-bond acceptors (Lipinski definition) is 5. The Morgan fingerprint density at radius 1 is 1.23 bits per heavy atom. The molecule has 2 atom stereocenters. The molecule has 0 bridgehead atoms. The summed E-state index contributed by atoms with van der Waals surface area (Å²) in [6.45, 7) is 6.41. The van der Waals surface area contributed by atoms with Crippen molar-refractivity contribution in [3.63, 3.8) is 0 Å². The number of likely N-dealkylation sites (tertiary alicyclic amines) is 1. The summed E-state index contributed by atoms with van der Waals surface area (Å²) in [5.41, 5.74) is 6.86. The highest BCUT2D eigenvalue weighted by Gasteiger charge is 2.39. The fourth-order valence-electron chi connectivity index (χ4n) is 5.44. The third-order valence-corrected chi connectivity index (χ3v) is 7.01. The van der Waals surface area contributed by atoms with Crippen molar-refractivity contribution in [1.29, 1.82) is 5.41 Å². The van der Waals surface area contributed by atoms with E-state index in [0.717, 1.165) is 42.5 Å². The molecule has 6 nitrogen and oxygen atoms in total. The fourth-order valence-corrected chi connectivity index (χ4v) is 5.44. The molecule has 2 saturated heterocycles. The van der Waals surface area contributed by atoms with E-state index in [2.05, 4.69) is 40.4 Å². The van der Waals surface area contributed by atoms with Crippen molar-refractivity contribution >= 4 is 23.2 Å². The minimum absolute atomic E-state index is 0.666. The third kappa shape index (κ3) is 3.70. The van der Waals surface area contributed by atoms with E-state index >= 15 is 0 Å². The van der Waals surface area contributed by atoms with Crippen molar-refractivity contribution in [2.24, 2.45) is 18.9 Å². The number of nitrogens with one attached hydrogen (secondary N) is 2. The average molecular weight is 406 g/mol. The van der Waals surface area contributed by atoms with Crippen LogP contribution in [0.5, 0.6) is 0 Å². The topological polar surface area (TPSA) is 66.2 Å². The molecule has 5 rings (SSSR count). The molecule has 158 valence electrons. The van der Waals surface area contributed by atoms with E-state index in [9.17, 15) is 0 Å². The number of aromatic nitrogens is 2. The molecule has 2 fully saturated rings. The van der Waals surface area contributed by atoms with Gasteiger partial charge >= 0.3 is 0 Å². The summed E-state index contributed by atoms with van der Waals surface area (Å²) in [7, 11) is 1.91. The number of ether oxygens (including phenoxy) is 1. The van der Waals surface area contributed by atoms with Gasteiger partial charge in [-0.15, -0.1) is 0 Å². The first-order valence-electron chi connectivity index (χ1n) is 11.0. The molecule has 3 heterocycles. The third-order valence-electron chi connectivity index (χ3n) is 7.01. The molecule has 1 aliphatic carbocycles. The Kier molecular flexibility index (Phi) is 5.21. The fraction of sp³-hybridized carbons (Fsp3) is 0.500. The minimum atomic E-state index is 0.666. The van der Waals surface area contributed by atoms with E-state index in [1.165, 1.54) is 48.8 Å². The van der Waals surface area contributed by atoms with Crippen molar-refractivity contribution in [3.8, 4) is 0 Å². The van der Waals surface area contributed by atoms with Crippen LogP contribution in [0.4, 0.5) is 11.4 Å². The van der Waals surface area contributed by atoms with Crippen LogP contribution in [0.15, 0.2) is 30.6 Å². The summed E-state index contributed by atoms with van der Waals surface area (Å²) in [5.74, 6) is 1.40. The predicted octanol–water partition coefficient (Wildman–Crippen LogP) is 3.98. The van der Waals surface area contributed by atoms with Gasteiger partial charge in [-0.2, -0.15) is 5.10 Å². The predicted molar refractivity (Wildman–Crippen MR) is 121 cm³/mol. The van der Waals surface area contributed by atoms with E-state index in [1.807, 2.05) is 19.4 Å². The lowest BCUT2D eigenvalue weighted by atomic mass is 9.94. The Morgan fingerprint density at radius 2 is 2.07 bits per heavy atom. The molecular weight excluding hydrogens is 374 g/mol. The molecule has 2 aliphatic heterocycles. The number of fused-ring (bicyclic) bond motifs is 1. The molecule has 0 amide bonds. The van der Waals surface area contributed by atoms with Crippen molar-refractivity contribution in [2.45, 2.75) is 32.2 Å². The maximum atomic E-state index is 7.84. The maximum Gasteiger partial charge on any atom is 0.0770 e. The summed E-state index contributed by atoms with van der Waals surface area (Å²) in [6, 6.07) is 5.07. The lowest BCUT2D eigenvalue weighted by Crippen LogP contribution is -2.38. The van der Waals surface area contributed by atoms with Crippen molar-refractivity contribution in [2.75, 3.05) is 31.6 Å². The summed E-state index contributed by atoms with van der Waals surface area (Å²) in [5, 5.41) is 15.5. The second kappa shape index (κ2) is 8.00. The number of anilines is 2. The Hall–Kier alpha value is -2.44. The van der Waals surface area contributed by atoms with Gasteiger partial charge in [-0.1, -0.05) is 6.08 Å². The number of hydrogen-bond donors (Lipinski definition) is 2. The smallest absolute Gasteiger partial charge is 0.0770 e. The number of rotatable bonds is 5. The zero-order chi connectivity index (χ0) is 20.7. The van der Waals surface area contributed by atoms with Crippen LogP contribution in [0, 0.1) is 24.2 Å². The molecule has 0 radical (unpaired) electrons. The highest BCUT2D eigenvalue weighted by atomic mass is 16.5. The highest BCUT2D eigenvalue weighted by molar-refractivity contribution is 5.90. The van der Waals surface area contributed by atoms with E-state index in [0.29, 0.717) is 12.0 Å². The average Bonchev–Trinajstić information content (AvgIpc) is 3.44. The molecule has 2 N–H and O–H groups in total. The van der Waals surface area contributed by atoms with Crippen molar-refractivity contribution in [1.82, 2.24) is 14.7 Å². The Bertz CT molecular complexity index is 972. The monoisotopic (exact) mass is 405 g/mol. The van der Waals surface area contributed by atoms with Gasteiger partial charge in [0.15, 0.2) is 0 Å². The summed E-state index contributed by atoms with van der Waals surface area (Å²) < 4.78 is 7.33. The molecular formula is C24H31N5O. The second-order valence-electron chi connectivity index (χ2n) is 9.04. The minimum Gasteiger partial charge on any atom is -0.381 e. The highest BCUT2D eigenvalue weighted by Crippen LogP contribution is 2.43. The van der Waals surface area contributed by atoms with E-state index in [1.54, 1.807) is 4.68 Å². The van der Waals surface area contributed by atoms with Crippen LogP contribution in [0.25, 0.3) is 5.57 Å². The summed E-state index contributed by atoms with van der Waals surface area (Å²) >= 11 is 0. The van der Waals surface area contributed by atoms with Gasteiger partial charge in [-0.3, -0.25) is 9.58 Å². The van der Waals surface area contributed by atoms with Crippen LogP contribution < -0.4 is 5.32 Å². The van der Waals surface area contributed by atoms with Gasteiger partial charge in [0, 0.05) is 63.1 Å². The van der Waals surface area contributed by atoms with Crippen LogP contribution >= 0.6 is 0 Å². The van der Waals surface area contributed by atoms with Crippen LogP contribution in [-0.4, -0.2) is 53.2 Å². The van der Waals surface area contributed by atoms with Gasteiger partial charge < -0.3 is 15.5 Å². The molecule has 6 heteroatoms. The normalized spacial score (nSPS) is 24.7. The van der Waals surface area contributed by atoms with Gasteiger partial charge in [-0.25, -0.2) is 0 Å². The number of aryl methyl sites for hydroxylation is 2. The molecule has 0 spiro atoms. The van der Waals surface area contributed by atoms with E-state index in [-0.39, 0.29) is 0 Å². The van der Waals surface area contributed by atoms with E-state index < -0.39 is 0 Å². The Labute approximate surface area is 178 Å². The summed E-state index contributed by atoms with van der Waals surface area (Å²) in [4.78, 5) is 2.71. The van der Waals surface area contributed by atoms with Crippen LogP contribution in [0.3, 0.4) is 0 Å². The Morgan fingerprint density at radius 3 is 2.77 bits per heavy atom. The van der Waals surface area contributed by atoms with Gasteiger partial charge in [0.05, 0.1) is 11.9 Å². The molecule has 30 heavy (non-hydrogen) atoms. The quantitative estimate of drug-likeness (QED) is 0.739. The number of nitrogens with zero attached hydrogens (tertiary/aromatic N) is 3. The lowest BCUT2D eigenvalue weighted by molar-refractivity contribution is 0.0406. The first kappa shape index (κ1) is 19.5. The largest absolute Gasteiger partial charge is 0.381 e. The standard InChI is InChI=1S/C24H31N5O/c1-16-7-18(11-25)24(27-21-12-26-28(2)15-21)10-23(16)17-8-19-13-29(14-20(19)9-17)22-3-5-30-6-4-22/h7-8,10-12,15,19-20,22,25,27H,3-6,9,13-14H2,1-2H3/t19-,20+/m1/s1. The first-order chi connectivity index (χ1) is 14.6. The van der Waals surface area contributed by atoms with Gasteiger partial charge in [-0.05, 0) is 66.9 Å². The second-order valence-corrected chi connectivity index (χ2v) is 9.04. The maximum absolute atomic E-state index is 7.84. The van der Waals surface area contributed by atoms with Crippen LogP contribution in [-0.2, 0) is 11.8 Å². The molecule has 0 saturated carbocycles. The zero-order valence-corrected chi connectivity index (χ0v) is 17.9. The lowest BCUT2D eigenvalue weighted by Gasteiger charge is -2.31. The molecule has 0 unspecified atom stereocenters. The molecule has 1 aromatic carbocycles. The Balaban J connectivity index is 1.37. The molecule has 3 aliphatic rings. The first-order valence-corrected chi connectivity index (χ1v) is 11.0. The summed E-state index contributed by atoms with van der Waals surface area (Å²) in [6.07, 6.45) is 11.3. The number of allylic oxidation sites excluding steroid dienone is 1. The van der Waals surface area contributed by atoms with Crippen molar-refractivity contribution in [3.05, 3.63) is 47.3 Å². The van der Waals surface area contributed by atoms with Gasteiger partial charge in [0.1, 0.15) is 0 Å². The van der Waals surface area contributed by atoms with Gasteiger partial charge in [0.2, 0.25) is 0 Å². The van der Waals surface area contributed by atoms with E-state index in [4.69, 9.17) is 10.1 Å². The molecule has 2 aromatic rings. The van der Waals surface area contributed by atoms with Crippen LogP contribution in [0.2, 0.25) is 0 Å². The number of benzene rings is 1. The van der Waals surface area contributed by atoms with Gasteiger partial charge in [0.25, 0.3) is 0 Å². The molecule has 1 aromatic heterocycles. The SMILES string of the molecule is Cc1cc(C=N)c(Nc2cnn(C)c2)cc1C1=C[C@@H]2CN(C3CCOCC3)C[C@@H]2C1. The zero-order valence-electron chi connectivity index (χ0n) is 17.9.